The van der Waals surface area contributed by atoms with Gasteiger partial charge in [-0.3, -0.25) is 4.79 Å². The number of piperidine rings is 1. The molecule has 1 amide bonds. The Labute approximate surface area is 189 Å². The lowest BCUT2D eigenvalue weighted by molar-refractivity contribution is 0.0768. The lowest BCUT2D eigenvalue weighted by Crippen LogP contribution is -2.43. The molecule has 6 nitrogen and oxygen atoms in total. The summed E-state index contributed by atoms with van der Waals surface area (Å²) >= 11 is 0. The maximum Gasteiger partial charge on any atom is 0.258 e. The average molecular weight is 431 g/mol. The molecule has 5 rings (SSSR count). The summed E-state index contributed by atoms with van der Waals surface area (Å²) in [5.41, 5.74) is 2.18. The van der Waals surface area contributed by atoms with Crippen LogP contribution in [0.15, 0.2) is 67.0 Å². The number of amides is 1. The van der Waals surface area contributed by atoms with E-state index in [9.17, 15) is 4.79 Å². The SMILES string of the molecule is O=C(Nc1ccccc1)c1cnn(-c2ccc(OC3CCN(C4CCCC4)CC3)cc2)c1. The van der Waals surface area contributed by atoms with Gasteiger partial charge in [0.25, 0.3) is 5.91 Å². The van der Waals surface area contributed by atoms with Crippen LogP contribution in [-0.2, 0) is 0 Å². The Morgan fingerprint density at radius 3 is 2.38 bits per heavy atom. The fourth-order valence-corrected chi connectivity index (χ4v) is 4.80. The van der Waals surface area contributed by atoms with E-state index >= 15 is 0 Å². The number of carbonyl (C=O) groups is 1. The minimum Gasteiger partial charge on any atom is -0.490 e. The van der Waals surface area contributed by atoms with Gasteiger partial charge in [-0.05, 0) is 62.1 Å². The summed E-state index contributed by atoms with van der Waals surface area (Å²) in [5, 5.41) is 7.23. The minimum absolute atomic E-state index is 0.175. The normalized spacial score (nSPS) is 18.0. The monoisotopic (exact) mass is 430 g/mol. The van der Waals surface area contributed by atoms with Crippen LogP contribution in [0.1, 0.15) is 48.9 Å². The van der Waals surface area contributed by atoms with E-state index in [0.717, 1.165) is 49.1 Å². The number of ether oxygens (including phenoxy) is 1. The lowest BCUT2D eigenvalue weighted by atomic mass is 10.0. The second kappa shape index (κ2) is 9.57. The number of carbonyl (C=O) groups excluding carboxylic acids is 1. The zero-order chi connectivity index (χ0) is 21.8. The molecule has 2 aromatic carbocycles. The fourth-order valence-electron chi connectivity index (χ4n) is 4.80. The molecule has 1 aliphatic carbocycles. The van der Waals surface area contributed by atoms with E-state index in [1.165, 1.54) is 25.7 Å². The number of likely N-dealkylation sites (tertiary alicyclic amines) is 1. The van der Waals surface area contributed by atoms with Gasteiger partial charge in [-0.15, -0.1) is 0 Å². The van der Waals surface area contributed by atoms with Crippen LogP contribution in [0, 0.1) is 0 Å². The first-order chi connectivity index (χ1) is 15.7. The number of nitrogens with zero attached hydrogens (tertiary/aromatic N) is 3. The van der Waals surface area contributed by atoms with Crippen LogP contribution in [0.5, 0.6) is 5.75 Å². The molecule has 1 aromatic heterocycles. The summed E-state index contributed by atoms with van der Waals surface area (Å²) in [6.45, 7) is 2.29. The number of para-hydroxylation sites is 1. The summed E-state index contributed by atoms with van der Waals surface area (Å²) in [6.07, 6.45) is 11.3. The molecular formula is C26H30N4O2. The molecule has 0 bridgehead atoms. The van der Waals surface area contributed by atoms with E-state index in [1.807, 2.05) is 54.6 Å². The Balaban J connectivity index is 1.15. The maximum absolute atomic E-state index is 12.5. The molecule has 2 aliphatic rings. The van der Waals surface area contributed by atoms with Crippen molar-refractivity contribution >= 4 is 11.6 Å². The highest BCUT2D eigenvalue weighted by molar-refractivity contribution is 6.03. The topological polar surface area (TPSA) is 59.4 Å². The molecule has 1 aliphatic heterocycles. The van der Waals surface area contributed by atoms with Gasteiger partial charge in [0.2, 0.25) is 0 Å². The van der Waals surface area contributed by atoms with Crippen molar-refractivity contribution in [3.8, 4) is 11.4 Å². The lowest BCUT2D eigenvalue weighted by Gasteiger charge is -2.36. The van der Waals surface area contributed by atoms with E-state index in [2.05, 4.69) is 15.3 Å². The average Bonchev–Trinajstić information content (AvgIpc) is 3.54. The summed E-state index contributed by atoms with van der Waals surface area (Å²) in [6, 6.07) is 18.2. The Bertz CT molecular complexity index is 1020. The molecule has 0 atom stereocenters. The van der Waals surface area contributed by atoms with Gasteiger partial charge < -0.3 is 15.0 Å². The highest BCUT2D eigenvalue weighted by Crippen LogP contribution is 2.27. The third-order valence-electron chi connectivity index (χ3n) is 6.60. The highest BCUT2D eigenvalue weighted by atomic mass is 16.5. The van der Waals surface area contributed by atoms with Gasteiger partial charge in [0.05, 0.1) is 17.4 Å². The first-order valence-electron chi connectivity index (χ1n) is 11.7. The Hall–Kier alpha value is -3.12. The third-order valence-corrected chi connectivity index (χ3v) is 6.60. The summed E-state index contributed by atoms with van der Waals surface area (Å²) in [7, 11) is 0. The van der Waals surface area contributed by atoms with Crippen molar-refractivity contribution in [2.45, 2.75) is 50.7 Å². The van der Waals surface area contributed by atoms with Gasteiger partial charge >= 0.3 is 0 Å². The predicted molar refractivity (Wildman–Crippen MR) is 125 cm³/mol. The number of rotatable bonds is 6. The van der Waals surface area contributed by atoms with Crippen LogP contribution < -0.4 is 10.1 Å². The number of aromatic nitrogens is 2. The van der Waals surface area contributed by atoms with E-state index in [-0.39, 0.29) is 12.0 Å². The molecule has 0 radical (unpaired) electrons. The Morgan fingerprint density at radius 1 is 0.938 bits per heavy atom. The molecule has 3 aromatic rings. The van der Waals surface area contributed by atoms with Crippen molar-refractivity contribution in [3.63, 3.8) is 0 Å². The standard InChI is InChI=1S/C26H30N4O2/c31-26(28-21-6-2-1-3-7-21)20-18-27-30(19-20)23-10-12-24(13-11-23)32-25-14-16-29(17-15-25)22-8-4-5-9-22/h1-3,6-7,10-13,18-19,22,25H,4-5,8-9,14-17H2,(H,28,31). The second-order valence-electron chi connectivity index (χ2n) is 8.78. The summed E-state index contributed by atoms with van der Waals surface area (Å²) in [5.74, 6) is 0.716. The number of nitrogens with one attached hydrogen (secondary N) is 1. The molecule has 6 heteroatoms. The maximum atomic E-state index is 12.5. The molecule has 1 saturated heterocycles. The number of hydrogen-bond acceptors (Lipinski definition) is 4. The Morgan fingerprint density at radius 2 is 1.66 bits per heavy atom. The van der Waals surface area contributed by atoms with Crippen LogP contribution in [0.2, 0.25) is 0 Å². The van der Waals surface area contributed by atoms with Crippen LogP contribution >= 0.6 is 0 Å². The zero-order valence-electron chi connectivity index (χ0n) is 18.3. The Kier molecular flexibility index (Phi) is 6.21. The predicted octanol–water partition coefficient (Wildman–Crippen LogP) is 4.91. The van der Waals surface area contributed by atoms with Crippen molar-refractivity contribution in [2.75, 3.05) is 18.4 Å². The minimum atomic E-state index is -0.175. The van der Waals surface area contributed by atoms with Gasteiger partial charge in [0.15, 0.2) is 0 Å². The second-order valence-corrected chi connectivity index (χ2v) is 8.78. The largest absolute Gasteiger partial charge is 0.490 e. The van der Waals surface area contributed by atoms with Crippen LogP contribution in [0.25, 0.3) is 5.69 Å². The van der Waals surface area contributed by atoms with Crippen molar-refractivity contribution in [1.82, 2.24) is 14.7 Å². The summed E-state index contributed by atoms with van der Waals surface area (Å²) < 4.78 is 7.96. The van der Waals surface area contributed by atoms with Gasteiger partial charge in [-0.2, -0.15) is 5.10 Å². The zero-order valence-corrected chi connectivity index (χ0v) is 18.3. The molecule has 2 fully saturated rings. The van der Waals surface area contributed by atoms with E-state index in [0.29, 0.717) is 5.56 Å². The third kappa shape index (κ3) is 4.86. The van der Waals surface area contributed by atoms with Crippen molar-refractivity contribution < 1.29 is 9.53 Å². The highest BCUT2D eigenvalue weighted by Gasteiger charge is 2.27. The van der Waals surface area contributed by atoms with Gasteiger partial charge in [0.1, 0.15) is 11.9 Å². The van der Waals surface area contributed by atoms with E-state index in [4.69, 9.17) is 4.74 Å². The van der Waals surface area contributed by atoms with Crippen molar-refractivity contribution in [1.29, 1.82) is 0 Å². The molecule has 1 N–H and O–H groups in total. The van der Waals surface area contributed by atoms with Gasteiger partial charge in [-0.1, -0.05) is 31.0 Å². The first-order valence-corrected chi connectivity index (χ1v) is 11.7. The number of benzene rings is 2. The molecule has 32 heavy (non-hydrogen) atoms. The number of anilines is 1. The van der Waals surface area contributed by atoms with Gasteiger partial charge in [0, 0.05) is 31.0 Å². The van der Waals surface area contributed by atoms with E-state index < -0.39 is 0 Å². The van der Waals surface area contributed by atoms with E-state index in [1.54, 1.807) is 17.1 Å². The number of hydrogen-bond donors (Lipinski definition) is 1. The molecule has 2 heterocycles. The van der Waals surface area contributed by atoms with Crippen molar-refractivity contribution in [2.24, 2.45) is 0 Å². The van der Waals surface area contributed by atoms with Crippen LogP contribution in [0.3, 0.4) is 0 Å². The smallest absolute Gasteiger partial charge is 0.258 e. The molecule has 1 saturated carbocycles. The molecular weight excluding hydrogens is 400 g/mol. The first kappa shape index (κ1) is 20.8. The van der Waals surface area contributed by atoms with Crippen molar-refractivity contribution in [3.05, 3.63) is 72.6 Å². The molecule has 166 valence electrons. The summed E-state index contributed by atoms with van der Waals surface area (Å²) in [4.78, 5) is 15.1. The molecule has 0 unspecified atom stereocenters. The van der Waals surface area contributed by atoms with Crippen LogP contribution in [-0.4, -0.2) is 45.8 Å². The van der Waals surface area contributed by atoms with Gasteiger partial charge in [-0.25, -0.2) is 4.68 Å². The van der Waals surface area contributed by atoms with Crippen LogP contribution in [0.4, 0.5) is 5.69 Å². The quantitative estimate of drug-likeness (QED) is 0.604. The fraction of sp³-hybridized carbons (Fsp3) is 0.385. The molecule has 0 spiro atoms.